The van der Waals surface area contributed by atoms with Gasteiger partial charge in [-0.3, -0.25) is 9.69 Å². The molecule has 0 aromatic heterocycles. The van der Waals surface area contributed by atoms with Gasteiger partial charge in [-0.15, -0.1) is 0 Å². The van der Waals surface area contributed by atoms with Gasteiger partial charge in [0, 0.05) is 32.7 Å². The fourth-order valence-corrected chi connectivity index (χ4v) is 3.26. The largest absolute Gasteiger partial charge is 0.484 e. The van der Waals surface area contributed by atoms with Gasteiger partial charge >= 0.3 is 0 Å². The average Bonchev–Trinajstić information content (AvgIpc) is 2.66. The molecular weight excluding hydrogens is 342 g/mol. The van der Waals surface area contributed by atoms with E-state index in [1.165, 1.54) is 11.1 Å². The molecule has 1 aromatic rings. The second-order valence-corrected chi connectivity index (χ2v) is 7.20. The number of hydrogen-bond donors (Lipinski definition) is 0. The third-order valence-corrected chi connectivity index (χ3v) is 4.86. The fourth-order valence-electron chi connectivity index (χ4n) is 3.26. The second-order valence-electron chi connectivity index (χ2n) is 7.20. The van der Waals surface area contributed by atoms with Crippen molar-refractivity contribution in [2.75, 3.05) is 52.5 Å². The van der Waals surface area contributed by atoms with Crippen molar-refractivity contribution in [3.8, 4) is 11.8 Å². The van der Waals surface area contributed by atoms with E-state index in [0.717, 1.165) is 32.8 Å². The highest BCUT2D eigenvalue weighted by atomic mass is 16.5. The zero-order chi connectivity index (χ0) is 19.6. The molecule has 0 unspecified atom stereocenters. The molecule has 1 aromatic carbocycles. The minimum Gasteiger partial charge on any atom is -0.484 e. The average molecular weight is 373 g/mol. The number of carbonyl (C=O) groups is 1. The zero-order valence-electron chi connectivity index (χ0n) is 16.7. The molecule has 1 amide bonds. The molecule has 27 heavy (non-hydrogen) atoms. The number of nitriles is 1. The fraction of sp³-hybridized carbons (Fsp3) is 0.619. The van der Waals surface area contributed by atoms with Crippen molar-refractivity contribution in [1.29, 1.82) is 5.26 Å². The van der Waals surface area contributed by atoms with Gasteiger partial charge in [0.05, 0.1) is 25.7 Å². The lowest BCUT2D eigenvalue weighted by Crippen LogP contribution is -2.44. The molecule has 0 radical (unpaired) electrons. The van der Waals surface area contributed by atoms with Crippen LogP contribution >= 0.6 is 0 Å². The first-order chi connectivity index (χ1) is 13.0. The normalized spacial score (nSPS) is 14.8. The molecule has 2 rings (SSSR count). The lowest BCUT2D eigenvalue weighted by Gasteiger charge is -2.29. The third-order valence-electron chi connectivity index (χ3n) is 4.86. The van der Waals surface area contributed by atoms with Crippen LogP contribution in [0, 0.1) is 18.3 Å². The Balaban J connectivity index is 1.88. The first-order valence-corrected chi connectivity index (χ1v) is 9.69. The zero-order valence-corrected chi connectivity index (χ0v) is 16.7. The van der Waals surface area contributed by atoms with Crippen LogP contribution in [0.5, 0.6) is 5.75 Å². The predicted octanol–water partition coefficient (Wildman–Crippen LogP) is 2.57. The van der Waals surface area contributed by atoms with Crippen LogP contribution in [0.15, 0.2) is 18.2 Å². The quantitative estimate of drug-likeness (QED) is 0.666. The standard InChI is InChI=1S/C21H31N3O3/c1-17(2)20-6-5-19(15-18(20)3)27-16-21(25)24(8-4-7-22)10-9-23-11-13-26-14-12-23/h5-6,15,17H,4,8-14,16H2,1-3H3. The van der Waals surface area contributed by atoms with Crippen molar-refractivity contribution in [1.82, 2.24) is 9.80 Å². The van der Waals surface area contributed by atoms with Gasteiger partial charge in [0.2, 0.25) is 0 Å². The van der Waals surface area contributed by atoms with Crippen LogP contribution in [-0.2, 0) is 9.53 Å². The van der Waals surface area contributed by atoms with E-state index in [1.807, 2.05) is 12.1 Å². The summed E-state index contributed by atoms with van der Waals surface area (Å²) in [6.45, 7) is 11.5. The Bertz CT molecular complexity index is 649. The van der Waals surface area contributed by atoms with Crippen LogP contribution in [-0.4, -0.2) is 68.3 Å². The van der Waals surface area contributed by atoms with Crippen LogP contribution in [0.4, 0.5) is 0 Å². The van der Waals surface area contributed by atoms with E-state index in [9.17, 15) is 4.79 Å². The van der Waals surface area contributed by atoms with Crippen molar-refractivity contribution < 1.29 is 14.3 Å². The van der Waals surface area contributed by atoms with E-state index < -0.39 is 0 Å². The molecule has 6 heteroatoms. The highest BCUT2D eigenvalue weighted by Gasteiger charge is 2.17. The summed E-state index contributed by atoms with van der Waals surface area (Å²) in [7, 11) is 0. The number of ether oxygens (including phenoxy) is 2. The molecule has 0 atom stereocenters. The van der Waals surface area contributed by atoms with E-state index in [0.29, 0.717) is 31.2 Å². The number of rotatable bonds is 9. The summed E-state index contributed by atoms with van der Waals surface area (Å²) < 4.78 is 11.1. The summed E-state index contributed by atoms with van der Waals surface area (Å²) in [5, 5.41) is 8.88. The number of benzene rings is 1. The number of carbonyl (C=O) groups excluding carboxylic acids is 1. The Hall–Kier alpha value is -2.10. The molecule has 0 spiro atoms. The minimum atomic E-state index is -0.0795. The van der Waals surface area contributed by atoms with Crippen molar-refractivity contribution in [2.45, 2.75) is 33.1 Å². The summed E-state index contributed by atoms with van der Waals surface area (Å²) in [6, 6.07) is 8.08. The van der Waals surface area contributed by atoms with E-state index >= 15 is 0 Å². The van der Waals surface area contributed by atoms with Gasteiger partial charge in [-0.05, 0) is 36.1 Å². The van der Waals surface area contributed by atoms with Gasteiger partial charge in [0.25, 0.3) is 5.91 Å². The van der Waals surface area contributed by atoms with Gasteiger partial charge in [-0.1, -0.05) is 19.9 Å². The Morgan fingerprint density at radius 1 is 1.33 bits per heavy atom. The molecule has 1 aliphatic rings. The van der Waals surface area contributed by atoms with E-state index in [1.54, 1.807) is 4.90 Å². The molecular formula is C21H31N3O3. The van der Waals surface area contributed by atoms with Gasteiger partial charge in [0.15, 0.2) is 6.61 Å². The Labute approximate surface area is 162 Å². The molecule has 148 valence electrons. The smallest absolute Gasteiger partial charge is 0.260 e. The van der Waals surface area contributed by atoms with Gasteiger partial charge in [0.1, 0.15) is 5.75 Å². The van der Waals surface area contributed by atoms with E-state index in [2.05, 4.69) is 37.8 Å². The summed E-state index contributed by atoms with van der Waals surface area (Å²) >= 11 is 0. The van der Waals surface area contributed by atoms with Crippen molar-refractivity contribution in [2.24, 2.45) is 0 Å². The molecule has 0 aliphatic carbocycles. The first-order valence-electron chi connectivity index (χ1n) is 9.69. The molecule has 0 N–H and O–H groups in total. The number of morpholine rings is 1. The second kappa shape index (κ2) is 10.9. The summed E-state index contributed by atoms with van der Waals surface area (Å²) in [5.41, 5.74) is 2.46. The number of nitrogens with zero attached hydrogens (tertiary/aromatic N) is 3. The van der Waals surface area contributed by atoms with Crippen LogP contribution in [0.25, 0.3) is 0 Å². The Morgan fingerprint density at radius 2 is 2.07 bits per heavy atom. The summed E-state index contributed by atoms with van der Waals surface area (Å²) in [5.74, 6) is 1.09. The maximum Gasteiger partial charge on any atom is 0.260 e. The monoisotopic (exact) mass is 373 g/mol. The van der Waals surface area contributed by atoms with E-state index in [-0.39, 0.29) is 12.5 Å². The van der Waals surface area contributed by atoms with Crippen LogP contribution in [0.1, 0.15) is 37.3 Å². The highest BCUT2D eigenvalue weighted by molar-refractivity contribution is 5.77. The number of amides is 1. The van der Waals surface area contributed by atoms with Crippen molar-refractivity contribution in [3.63, 3.8) is 0 Å². The first kappa shape index (κ1) is 21.2. The topological polar surface area (TPSA) is 65.8 Å². The lowest BCUT2D eigenvalue weighted by atomic mass is 9.98. The SMILES string of the molecule is Cc1cc(OCC(=O)N(CCC#N)CCN2CCOCC2)ccc1C(C)C. The van der Waals surface area contributed by atoms with Gasteiger partial charge in [-0.2, -0.15) is 5.26 Å². The van der Waals surface area contributed by atoms with Crippen LogP contribution in [0.3, 0.4) is 0 Å². The van der Waals surface area contributed by atoms with Crippen molar-refractivity contribution >= 4 is 5.91 Å². The molecule has 1 saturated heterocycles. The van der Waals surface area contributed by atoms with Crippen molar-refractivity contribution in [3.05, 3.63) is 29.3 Å². The van der Waals surface area contributed by atoms with Crippen LogP contribution in [0.2, 0.25) is 0 Å². The summed E-state index contributed by atoms with van der Waals surface area (Å²) in [4.78, 5) is 16.6. The highest BCUT2D eigenvalue weighted by Crippen LogP contribution is 2.23. The molecule has 0 bridgehead atoms. The molecule has 1 heterocycles. The van der Waals surface area contributed by atoms with Gasteiger partial charge < -0.3 is 14.4 Å². The lowest BCUT2D eigenvalue weighted by molar-refractivity contribution is -0.133. The molecule has 6 nitrogen and oxygen atoms in total. The predicted molar refractivity (Wildman–Crippen MR) is 105 cm³/mol. The maximum atomic E-state index is 12.6. The van der Waals surface area contributed by atoms with Crippen LogP contribution < -0.4 is 4.74 Å². The summed E-state index contributed by atoms with van der Waals surface area (Å²) in [6.07, 6.45) is 0.330. The molecule has 1 fully saturated rings. The van der Waals surface area contributed by atoms with E-state index in [4.69, 9.17) is 14.7 Å². The number of aryl methyl sites for hydroxylation is 1. The molecule has 1 aliphatic heterocycles. The Kier molecular flexibility index (Phi) is 8.56. The maximum absolute atomic E-state index is 12.6. The Morgan fingerprint density at radius 3 is 2.70 bits per heavy atom. The molecule has 0 saturated carbocycles. The minimum absolute atomic E-state index is 0.00496. The number of hydrogen-bond acceptors (Lipinski definition) is 5. The van der Waals surface area contributed by atoms with Gasteiger partial charge in [-0.25, -0.2) is 0 Å². The third kappa shape index (κ3) is 6.85.